The maximum absolute atomic E-state index is 11.5. The maximum atomic E-state index is 11.5. The van der Waals surface area contributed by atoms with Crippen molar-refractivity contribution in [1.82, 2.24) is 19.5 Å². The van der Waals surface area contributed by atoms with Crippen molar-refractivity contribution in [2.45, 2.75) is 26.2 Å². The number of aromatic carboxylic acids is 1. The molecule has 1 N–H and O–H groups in total. The molecule has 0 saturated heterocycles. The third kappa shape index (κ3) is 2.19. The Labute approximate surface area is 138 Å². The zero-order chi connectivity index (χ0) is 16.7. The molecule has 0 unspecified atom stereocenters. The number of nitrogens with zero attached hydrogens (tertiary/aromatic N) is 4. The minimum absolute atomic E-state index is 0.0790. The first-order chi connectivity index (χ1) is 11.7. The fraction of sp³-hybridized carbons (Fsp3) is 0.222. The summed E-state index contributed by atoms with van der Waals surface area (Å²) in [5.41, 5.74) is 4.40. The second-order valence-electron chi connectivity index (χ2n) is 5.82. The first kappa shape index (κ1) is 14.6. The van der Waals surface area contributed by atoms with Gasteiger partial charge in [0.2, 0.25) is 0 Å². The Bertz CT molecular complexity index is 946. The Morgan fingerprint density at radius 2 is 2.12 bits per heavy atom. The summed E-state index contributed by atoms with van der Waals surface area (Å²) >= 11 is 0. The molecule has 120 valence electrons. The van der Waals surface area contributed by atoms with Gasteiger partial charge in [0.05, 0.1) is 17.1 Å². The molecule has 24 heavy (non-hydrogen) atoms. The van der Waals surface area contributed by atoms with Crippen LogP contribution in [0.25, 0.3) is 16.9 Å². The van der Waals surface area contributed by atoms with E-state index in [1.165, 1.54) is 0 Å². The molecule has 4 rings (SSSR count). The van der Waals surface area contributed by atoms with E-state index in [0.717, 1.165) is 41.2 Å². The summed E-state index contributed by atoms with van der Waals surface area (Å²) in [4.78, 5) is 24.8. The van der Waals surface area contributed by atoms with E-state index >= 15 is 0 Å². The van der Waals surface area contributed by atoms with Crippen molar-refractivity contribution in [3.63, 3.8) is 0 Å². The highest BCUT2D eigenvalue weighted by molar-refractivity contribution is 5.88. The van der Waals surface area contributed by atoms with E-state index in [2.05, 4.69) is 16.9 Å². The number of carboxylic acid groups (broad SMARTS) is 1. The highest BCUT2D eigenvalue weighted by Crippen LogP contribution is 2.34. The number of hydrogen-bond donors (Lipinski definition) is 1. The second-order valence-corrected chi connectivity index (χ2v) is 5.82. The molecule has 3 heterocycles. The first-order valence-corrected chi connectivity index (χ1v) is 7.93. The monoisotopic (exact) mass is 320 g/mol. The van der Waals surface area contributed by atoms with Crippen LogP contribution in [0, 0.1) is 0 Å². The van der Waals surface area contributed by atoms with Crippen molar-refractivity contribution in [3.05, 3.63) is 59.6 Å². The predicted molar refractivity (Wildman–Crippen MR) is 88.4 cm³/mol. The molecule has 0 aliphatic carbocycles. The van der Waals surface area contributed by atoms with E-state index < -0.39 is 5.97 Å². The van der Waals surface area contributed by atoms with Gasteiger partial charge in [0.15, 0.2) is 5.69 Å². The Hall–Kier alpha value is -3.02. The van der Waals surface area contributed by atoms with Crippen LogP contribution in [0.5, 0.6) is 0 Å². The van der Waals surface area contributed by atoms with Crippen LogP contribution in [0.3, 0.4) is 0 Å². The van der Waals surface area contributed by atoms with Gasteiger partial charge in [-0.3, -0.25) is 0 Å². The summed E-state index contributed by atoms with van der Waals surface area (Å²) in [7, 11) is 0. The molecule has 0 saturated carbocycles. The summed E-state index contributed by atoms with van der Waals surface area (Å²) < 4.78 is 1.85. The number of para-hydroxylation sites is 1. The van der Waals surface area contributed by atoms with Gasteiger partial charge in [-0.1, -0.05) is 25.1 Å². The summed E-state index contributed by atoms with van der Waals surface area (Å²) in [5, 5.41) is 9.42. The van der Waals surface area contributed by atoms with Crippen molar-refractivity contribution < 1.29 is 9.90 Å². The fourth-order valence-electron chi connectivity index (χ4n) is 3.14. The van der Waals surface area contributed by atoms with E-state index in [-0.39, 0.29) is 5.69 Å². The van der Waals surface area contributed by atoms with Crippen LogP contribution in [-0.4, -0.2) is 30.6 Å². The quantitative estimate of drug-likeness (QED) is 0.628. The molecule has 3 aromatic rings. The van der Waals surface area contributed by atoms with Gasteiger partial charge in [0.1, 0.15) is 12.2 Å². The minimum Gasteiger partial charge on any atom is -0.476 e. The molecule has 0 radical (unpaired) electrons. The van der Waals surface area contributed by atoms with Gasteiger partial charge in [0, 0.05) is 30.2 Å². The number of rotatable bonds is 3. The van der Waals surface area contributed by atoms with Crippen molar-refractivity contribution >= 4 is 5.97 Å². The van der Waals surface area contributed by atoms with Crippen LogP contribution in [0.15, 0.2) is 36.8 Å². The molecule has 6 nitrogen and oxygen atoms in total. The average Bonchev–Trinajstić information content (AvgIpc) is 2.95. The van der Waals surface area contributed by atoms with Gasteiger partial charge in [-0.15, -0.1) is 0 Å². The Morgan fingerprint density at radius 3 is 2.92 bits per heavy atom. The van der Waals surface area contributed by atoms with E-state index in [0.29, 0.717) is 12.1 Å². The third-order valence-electron chi connectivity index (χ3n) is 4.23. The number of imidazole rings is 1. The van der Waals surface area contributed by atoms with Gasteiger partial charge < -0.3 is 9.67 Å². The van der Waals surface area contributed by atoms with Crippen LogP contribution in [0.1, 0.15) is 40.9 Å². The average molecular weight is 320 g/mol. The Kier molecular flexibility index (Phi) is 3.37. The van der Waals surface area contributed by atoms with E-state index in [1.807, 2.05) is 35.0 Å². The van der Waals surface area contributed by atoms with Crippen LogP contribution < -0.4 is 0 Å². The molecule has 1 aliphatic heterocycles. The van der Waals surface area contributed by atoms with Crippen molar-refractivity contribution in [3.8, 4) is 16.9 Å². The van der Waals surface area contributed by atoms with Gasteiger partial charge in [0.25, 0.3) is 0 Å². The number of carboxylic acids is 1. The van der Waals surface area contributed by atoms with Crippen LogP contribution >= 0.6 is 0 Å². The highest BCUT2D eigenvalue weighted by Gasteiger charge is 2.25. The fourth-order valence-corrected chi connectivity index (χ4v) is 3.14. The van der Waals surface area contributed by atoms with E-state index in [9.17, 15) is 9.90 Å². The van der Waals surface area contributed by atoms with Crippen molar-refractivity contribution in [2.24, 2.45) is 0 Å². The zero-order valence-electron chi connectivity index (χ0n) is 13.2. The lowest BCUT2D eigenvalue weighted by molar-refractivity contribution is 0.0690. The second kappa shape index (κ2) is 5.56. The smallest absolute Gasteiger partial charge is 0.356 e. The number of fused-ring (bicyclic) bond motifs is 5. The molecule has 2 aromatic heterocycles. The van der Waals surface area contributed by atoms with Crippen LogP contribution in [-0.2, 0) is 12.8 Å². The lowest BCUT2D eigenvalue weighted by Crippen LogP contribution is -2.06. The number of aryl methyl sites for hydroxylation is 1. The number of aromatic nitrogens is 4. The lowest BCUT2D eigenvalue weighted by Gasteiger charge is -2.10. The van der Waals surface area contributed by atoms with Crippen molar-refractivity contribution in [1.29, 1.82) is 0 Å². The van der Waals surface area contributed by atoms with Crippen LogP contribution in [0.2, 0.25) is 0 Å². The number of benzene rings is 1. The van der Waals surface area contributed by atoms with Crippen LogP contribution in [0.4, 0.5) is 0 Å². The normalized spacial score (nSPS) is 12.0. The predicted octanol–water partition coefficient (Wildman–Crippen LogP) is 2.88. The molecular weight excluding hydrogens is 304 g/mol. The summed E-state index contributed by atoms with van der Waals surface area (Å²) in [6.45, 7) is 2.10. The van der Waals surface area contributed by atoms with Crippen molar-refractivity contribution in [2.75, 3.05) is 0 Å². The van der Waals surface area contributed by atoms with E-state index in [1.54, 1.807) is 6.33 Å². The highest BCUT2D eigenvalue weighted by atomic mass is 16.4. The molecule has 0 fully saturated rings. The molecule has 0 spiro atoms. The first-order valence-electron chi connectivity index (χ1n) is 7.93. The lowest BCUT2D eigenvalue weighted by atomic mass is 10.0. The summed E-state index contributed by atoms with van der Waals surface area (Å²) in [6.07, 6.45) is 5.64. The zero-order valence-corrected chi connectivity index (χ0v) is 13.2. The summed E-state index contributed by atoms with van der Waals surface area (Å²) in [5.74, 6) is -0.206. The largest absolute Gasteiger partial charge is 0.476 e. The maximum Gasteiger partial charge on any atom is 0.356 e. The molecule has 6 heteroatoms. The topological polar surface area (TPSA) is 80.9 Å². The van der Waals surface area contributed by atoms with Gasteiger partial charge in [-0.25, -0.2) is 19.7 Å². The molecular formula is C18H16N4O2. The molecule has 1 aliphatic rings. The minimum atomic E-state index is -1.02. The number of hydrogen-bond acceptors (Lipinski definition) is 4. The SMILES string of the molecule is CCCc1ncc2c(n1)-c1ccccc1-n1cnc(C(=O)O)c1C2. The molecule has 1 aromatic carbocycles. The summed E-state index contributed by atoms with van der Waals surface area (Å²) in [6, 6.07) is 7.86. The third-order valence-corrected chi connectivity index (χ3v) is 4.23. The van der Waals surface area contributed by atoms with Gasteiger partial charge in [-0.2, -0.15) is 0 Å². The molecule has 0 atom stereocenters. The standard InChI is InChI=1S/C18H16N4O2/c1-2-5-15-19-9-11-8-14-17(18(23)24)20-10-22(14)13-7-4-3-6-12(13)16(11)21-15/h3-4,6-7,9-10H,2,5,8H2,1H3,(H,23,24). The van der Waals surface area contributed by atoms with E-state index in [4.69, 9.17) is 4.98 Å². The molecule has 0 bridgehead atoms. The Balaban J connectivity index is 2.00. The number of carbonyl (C=O) groups is 1. The van der Waals surface area contributed by atoms with Gasteiger partial charge >= 0.3 is 5.97 Å². The van der Waals surface area contributed by atoms with Gasteiger partial charge in [-0.05, 0) is 12.5 Å². The Morgan fingerprint density at radius 1 is 1.29 bits per heavy atom. The molecule has 0 amide bonds.